The monoisotopic (exact) mass is 570 g/mol. The molecule has 2 rings (SSSR count). The van der Waals surface area contributed by atoms with Crippen molar-refractivity contribution in [2.75, 3.05) is 0 Å². The Kier molecular flexibility index (Phi) is 12.6. The number of phenols is 2. The van der Waals surface area contributed by atoms with Gasteiger partial charge in [-0.3, -0.25) is 14.4 Å². The van der Waals surface area contributed by atoms with Crippen LogP contribution in [0.4, 0.5) is 0 Å². The third-order valence-corrected chi connectivity index (χ3v) is 6.85. The van der Waals surface area contributed by atoms with E-state index in [4.69, 9.17) is 5.73 Å². The fourth-order valence-electron chi connectivity index (χ4n) is 4.25. The molecular formula is C30H42N4O7. The summed E-state index contributed by atoms with van der Waals surface area (Å²) in [6, 6.07) is 8.05. The van der Waals surface area contributed by atoms with Gasteiger partial charge in [0.25, 0.3) is 0 Å². The molecule has 0 saturated heterocycles. The smallest absolute Gasteiger partial charge is 0.326 e. The normalized spacial score (nSPS) is 14.8. The van der Waals surface area contributed by atoms with Gasteiger partial charge in [-0.25, -0.2) is 4.79 Å². The quantitative estimate of drug-likeness (QED) is 0.169. The summed E-state index contributed by atoms with van der Waals surface area (Å²) in [6.45, 7) is 7.40. The average Bonchev–Trinajstić information content (AvgIpc) is 2.92. The highest BCUT2D eigenvalue weighted by molar-refractivity contribution is 5.94. The first-order chi connectivity index (χ1) is 19.3. The highest BCUT2D eigenvalue weighted by Gasteiger charge is 2.33. The predicted molar refractivity (Wildman–Crippen MR) is 154 cm³/mol. The summed E-state index contributed by atoms with van der Waals surface area (Å²) >= 11 is 0. The molecule has 3 amide bonds. The van der Waals surface area contributed by atoms with Gasteiger partial charge in [0, 0.05) is 6.42 Å². The summed E-state index contributed by atoms with van der Waals surface area (Å²) in [5, 5.41) is 36.6. The van der Waals surface area contributed by atoms with Crippen LogP contribution in [-0.2, 0) is 32.0 Å². The van der Waals surface area contributed by atoms with E-state index in [0.717, 1.165) is 5.56 Å². The van der Waals surface area contributed by atoms with Crippen LogP contribution in [0.5, 0.6) is 11.5 Å². The van der Waals surface area contributed by atoms with Gasteiger partial charge < -0.3 is 37.0 Å². The van der Waals surface area contributed by atoms with Crippen LogP contribution in [0.15, 0.2) is 48.5 Å². The van der Waals surface area contributed by atoms with Crippen LogP contribution in [0.25, 0.3) is 0 Å². The van der Waals surface area contributed by atoms with Gasteiger partial charge in [-0.2, -0.15) is 0 Å². The molecule has 0 bridgehead atoms. The molecular weight excluding hydrogens is 528 g/mol. The number of aromatic hydroxyl groups is 2. The Labute approximate surface area is 240 Å². The van der Waals surface area contributed by atoms with Crippen molar-refractivity contribution in [2.24, 2.45) is 17.6 Å². The molecule has 2 aromatic rings. The number of hydrogen-bond acceptors (Lipinski definition) is 7. The van der Waals surface area contributed by atoms with Crippen LogP contribution in [0.3, 0.4) is 0 Å². The van der Waals surface area contributed by atoms with Crippen molar-refractivity contribution < 1.29 is 34.5 Å². The summed E-state index contributed by atoms with van der Waals surface area (Å²) in [5.41, 5.74) is 7.44. The summed E-state index contributed by atoms with van der Waals surface area (Å²) in [6.07, 6.45) is 0.981. The lowest BCUT2D eigenvalue weighted by Crippen LogP contribution is -2.59. The van der Waals surface area contributed by atoms with Gasteiger partial charge in [-0.15, -0.1) is 0 Å². The third-order valence-electron chi connectivity index (χ3n) is 6.85. The lowest BCUT2D eigenvalue weighted by Gasteiger charge is -2.28. The zero-order chi connectivity index (χ0) is 30.7. The Hall–Kier alpha value is -4.12. The van der Waals surface area contributed by atoms with E-state index < -0.39 is 47.9 Å². The molecule has 0 saturated carbocycles. The van der Waals surface area contributed by atoms with E-state index in [9.17, 15) is 34.5 Å². The summed E-state index contributed by atoms with van der Waals surface area (Å²) in [5.74, 6) is -3.20. The number of carbonyl (C=O) groups is 4. The van der Waals surface area contributed by atoms with Crippen LogP contribution < -0.4 is 21.7 Å². The average molecular weight is 571 g/mol. The number of hydrogen-bond donors (Lipinski definition) is 7. The van der Waals surface area contributed by atoms with Crippen LogP contribution in [0, 0.1) is 11.8 Å². The highest BCUT2D eigenvalue weighted by Crippen LogP contribution is 2.15. The molecule has 8 N–H and O–H groups in total. The number of nitrogens with two attached hydrogens (primary N) is 1. The molecule has 41 heavy (non-hydrogen) atoms. The van der Waals surface area contributed by atoms with E-state index in [1.165, 1.54) is 24.3 Å². The number of phenolic OH excluding ortho intramolecular Hbond substituents is 2. The van der Waals surface area contributed by atoms with Crippen molar-refractivity contribution in [1.82, 2.24) is 16.0 Å². The Morgan fingerprint density at radius 1 is 0.732 bits per heavy atom. The minimum atomic E-state index is -1.26. The van der Waals surface area contributed by atoms with Crippen molar-refractivity contribution in [2.45, 2.75) is 77.5 Å². The molecule has 5 unspecified atom stereocenters. The number of carbonyl (C=O) groups excluding carboxylic acids is 3. The Morgan fingerprint density at radius 3 is 1.68 bits per heavy atom. The van der Waals surface area contributed by atoms with Crippen LogP contribution in [0.2, 0.25) is 0 Å². The maximum Gasteiger partial charge on any atom is 0.326 e. The molecule has 5 atom stereocenters. The third kappa shape index (κ3) is 10.8. The molecule has 0 aliphatic heterocycles. The van der Waals surface area contributed by atoms with Crippen LogP contribution in [-0.4, -0.2) is 63.2 Å². The number of rotatable bonds is 15. The first kappa shape index (κ1) is 33.1. The lowest BCUT2D eigenvalue weighted by atomic mass is 9.96. The number of nitrogens with one attached hydrogen (secondary N) is 3. The maximum absolute atomic E-state index is 13.4. The van der Waals surface area contributed by atoms with Crippen molar-refractivity contribution in [3.8, 4) is 11.5 Å². The van der Waals surface area contributed by atoms with Gasteiger partial charge in [0.05, 0.1) is 6.04 Å². The molecule has 0 fully saturated rings. The molecule has 0 heterocycles. The Balaban J connectivity index is 2.14. The largest absolute Gasteiger partial charge is 0.508 e. The molecule has 11 heteroatoms. The first-order valence-corrected chi connectivity index (χ1v) is 13.8. The lowest BCUT2D eigenvalue weighted by molar-refractivity contribution is -0.142. The maximum atomic E-state index is 13.4. The molecule has 11 nitrogen and oxygen atoms in total. The van der Waals surface area contributed by atoms with E-state index in [0.29, 0.717) is 12.0 Å². The number of benzene rings is 2. The van der Waals surface area contributed by atoms with Gasteiger partial charge in [-0.05, 0) is 60.1 Å². The SMILES string of the molecule is CCC(C)C(NC(=O)C(CC(C)C)NC(=O)C(N)Cc1ccc(O)cc1)C(=O)NC(Cc1ccc(O)cc1)C(=O)O. The predicted octanol–water partition coefficient (Wildman–Crippen LogP) is 1.84. The zero-order valence-electron chi connectivity index (χ0n) is 24.0. The number of amides is 3. The van der Waals surface area contributed by atoms with Crippen molar-refractivity contribution in [1.29, 1.82) is 0 Å². The molecule has 0 aliphatic carbocycles. The molecule has 0 spiro atoms. The Bertz CT molecular complexity index is 1170. The summed E-state index contributed by atoms with van der Waals surface area (Å²) in [4.78, 5) is 51.5. The fraction of sp³-hybridized carbons (Fsp3) is 0.467. The molecule has 0 aromatic heterocycles. The highest BCUT2D eigenvalue weighted by atomic mass is 16.4. The number of aliphatic carboxylic acids is 1. The van der Waals surface area contributed by atoms with Gasteiger partial charge in [0.2, 0.25) is 17.7 Å². The van der Waals surface area contributed by atoms with Crippen molar-refractivity contribution in [3.63, 3.8) is 0 Å². The van der Waals surface area contributed by atoms with E-state index in [2.05, 4.69) is 16.0 Å². The fourth-order valence-corrected chi connectivity index (χ4v) is 4.25. The van der Waals surface area contributed by atoms with E-state index >= 15 is 0 Å². The second-order valence-corrected chi connectivity index (χ2v) is 10.8. The summed E-state index contributed by atoms with van der Waals surface area (Å²) in [7, 11) is 0. The second kappa shape index (κ2) is 15.6. The van der Waals surface area contributed by atoms with Gasteiger partial charge in [0.15, 0.2) is 0 Å². The van der Waals surface area contributed by atoms with Gasteiger partial charge in [-0.1, -0.05) is 58.4 Å². The van der Waals surface area contributed by atoms with E-state index in [-0.39, 0.29) is 42.6 Å². The summed E-state index contributed by atoms with van der Waals surface area (Å²) < 4.78 is 0. The molecule has 0 aliphatic rings. The van der Waals surface area contributed by atoms with E-state index in [1.54, 1.807) is 31.2 Å². The molecule has 224 valence electrons. The Morgan fingerprint density at radius 2 is 1.22 bits per heavy atom. The van der Waals surface area contributed by atoms with Crippen molar-refractivity contribution >= 4 is 23.7 Å². The first-order valence-electron chi connectivity index (χ1n) is 13.8. The molecule has 0 radical (unpaired) electrons. The van der Waals surface area contributed by atoms with E-state index in [1.807, 2.05) is 20.8 Å². The number of carboxylic acids is 1. The minimum Gasteiger partial charge on any atom is -0.508 e. The molecule has 2 aromatic carbocycles. The number of carboxylic acid groups (broad SMARTS) is 1. The van der Waals surface area contributed by atoms with Gasteiger partial charge in [0.1, 0.15) is 29.6 Å². The zero-order valence-corrected chi connectivity index (χ0v) is 24.0. The standard InChI is InChI=1S/C30H42N4O7/c1-5-18(4)26(29(39)33-25(30(40)41)16-20-8-12-22(36)13-9-20)34-28(38)24(14-17(2)3)32-27(37)23(31)15-19-6-10-21(35)11-7-19/h6-13,17-18,23-26,35-36H,5,14-16,31H2,1-4H3,(H,32,37)(H,33,39)(H,34,38)(H,40,41). The topological polar surface area (TPSA) is 191 Å². The van der Waals surface area contributed by atoms with Crippen LogP contribution in [0.1, 0.15) is 51.7 Å². The minimum absolute atomic E-state index is 0.0204. The van der Waals surface area contributed by atoms with Gasteiger partial charge >= 0.3 is 5.97 Å². The van der Waals surface area contributed by atoms with Crippen molar-refractivity contribution in [3.05, 3.63) is 59.7 Å². The van der Waals surface area contributed by atoms with Crippen LogP contribution >= 0.6 is 0 Å². The second-order valence-electron chi connectivity index (χ2n) is 10.8.